The molecule has 30 heavy (non-hydrogen) atoms. The molecular formula is C21H24ClN3O4S. The summed E-state index contributed by atoms with van der Waals surface area (Å²) in [6.45, 7) is 3.87. The summed E-state index contributed by atoms with van der Waals surface area (Å²) in [5, 5.41) is 5.75. The molecule has 1 saturated heterocycles. The molecule has 0 spiro atoms. The number of halogens is 1. The Bertz CT molecular complexity index is 1050. The van der Waals surface area contributed by atoms with Crippen molar-refractivity contribution < 1.29 is 18.0 Å². The molecule has 2 N–H and O–H groups in total. The maximum atomic E-state index is 12.8. The van der Waals surface area contributed by atoms with Crippen LogP contribution in [0.4, 0.5) is 11.4 Å². The van der Waals surface area contributed by atoms with Gasteiger partial charge in [0.1, 0.15) is 0 Å². The number of nitrogens with one attached hydrogen (secondary N) is 2. The highest BCUT2D eigenvalue weighted by atomic mass is 35.5. The van der Waals surface area contributed by atoms with Crippen LogP contribution in [0.3, 0.4) is 0 Å². The predicted molar refractivity (Wildman–Crippen MR) is 117 cm³/mol. The van der Waals surface area contributed by atoms with Crippen molar-refractivity contribution in [3.63, 3.8) is 0 Å². The Morgan fingerprint density at radius 2 is 1.67 bits per heavy atom. The maximum Gasteiger partial charge on any atom is 0.243 e. The van der Waals surface area contributed by atoms with Crippen molar-refractivity contribution in [3.05, 3.63) is 53.1 Å². The number of carbonyl (C=O) groups is 2. The van der Waals surface area contributed by atoms with Gasteiger partial charge in [-0.3, -0.25) is 9.59 Å². The van der Waals surface area contributed by atoms with Crippen molar-refractivity contribution in [2.24, 2.45) is 5.92 Å². The second-order valence-corrected chi connectivity index (χ2v) is 9.70. The van der Waals surface area contributed by atoms with Crippen LogP contribution in [0.1, 0.15) is 25.3 Å². The summed E-state index contributed by atoms with van der Waals surface area (Å²) in [6.07, 6.45) is 0.878. The summed E-state index contributed by atoms with van der Waals surface area (Å²) in [4.78, 5) is 24.0. The Hall–Kier alpha value is -2.42. The fourth-order valence-electron chi connectivity index (χ4n) is 3.35. The molecule has 0 atom stereocenters. The van der Waals surface area contributed by atoms with E-state index in [0.717, 1.165) is 5.56 Å². The third-order valence-corrected chi connectivity index (χ3v) is 7.26. The number of benzene rings is 2. The number of nitrogens with zero attached hydrogens (tertiary/aromatic N) is 1. The van der Waals surface area contributed by atoms with Crippen molar-refractivity contribution in [1.82, 2.24) is 4.31 Å². The van der Waals surface area contributed by atoms with E-state index in [9.17, 15) is 18.0 Å². The molecule has 0 unspecified atom stereocenters. The Labute approximate surface area is 181 Å². The zero-order valence-electron chi connectivity index (χ0n) is 16.8. The topological polar surface area (TPSA) is 95.6 Å². The predicted octanol–water partition coefficient (Wildman–Crippen LogP) is 3.65. The van der Waals surface area contributed by atoms with Crippen molar-refractivity contribution >= 4 is 44.8 Å². The molecule has 1 fully saturated rings. The Morgan fingerprint density at radius 3 is 2.23 bits per heavy atom. The van der Waals surface area contributed by atoms with E-state index in [2.05, 4.69) is 10.6 Å². The number of anilines is 2. The second-order valence-electron chi connectivity index (χ2n) is 7.36. The lowest BCUT2D eigenvalue weighted by Crippen LogP contribution is -2.41. The van der Waals surface area contributed by atoms with E-state index in [0.29, 0.717) is 29.2 Å². The molecule has 7 nitrogen and oxygen atoms in total. The van der Waals surface area contributed by atoms with Crippen LogP contribution in [-0.4, -0.2) is 37.6 Å². The summed E-state index contributed by atoms with van der Waals surface area (Å²) in [6, 6.07) is 11.6. The first-order chi connectivity index (χ1) is 14.2. The molecule has 2 aromatic carbocycles. The Kier molecular flexibility index (Phi) is 6.80. The minimum atomic E-state index is -3.56. The molecule has 2 aromatic rings. The van der Waals surface area contributed by atoms with E-state index < -0.39 is 10.0 Å². The van der Waals surface area contributed by atoms with Crippen LogP contribution in [0.2, 0.25) is 5.02 Å². The number of piperidine rings is 1. The number of sulfonamides is 1. The average molecular weight is 450 g/mol. The zero-order chi connectivity index (χ0) is 21.9. The molecule has 3 rings (SSSR count). The van der Waals surface area contributed by atoms with Crippen LogP contribution in [0, 0.1) is 12.8 Å². The molecule has 1 aliphatic rings. The molecule has 9 heteroatoms. The summed E-state index contributed by atoms with van der Waals surface area (Å²) >= 11 is 6.14. The Morgan fingerprint density at radius 1 is 1.03 bits per heavy atom. The van der Waals surface area contributed by atoms with Crippen molar-refractivity contribution in [2.45, 2.75) is 31.6 Å². The van der Waals surface area contributed by atoms with E-state index in [-0.39, 0.29) is 35.7 Å². The number of amides is 2. The zero-order valence-corrected chi connectivity index (χ0v) is 18.4. The molecule has 0 bridgehead atoms. The molecule has 0 aliphatic carbocycles. The lowest BCUT2D eigenvalue weighted by molar-refractivity contribution is -0.121. The van der Waals surface area contributed by atoms with E-state index in [1.165, 1.54) is 11.2 Å². The van der Waals surface area contributed by atoms with Gasteiger partial charge >= 0.3 is 0 Å². The normalized spacial score (nSPS) is 15.6. The van der Waals surface area contributed by atoms with E-state index in [1.807, 2.05) is 6.92 Å². The number of aryl methyl sites for hydroxylation is 1. The van der Waals surface area contributed by atoms with Gasteiger partial charge in [0.15, 0.2) is 0 Å². The van der Waals surface area contributed by atoms with Gasteiger partial charge in [0, 0.05) is 31.6 Å². The monoisotopic (exact) mass is 449 g/mol. The average Bonchev–Trinajstić information content (AvgIpc) is 2.70. The largest absolute Gasteiger partial charge is 0.326 e. The number of hydrogen-bond acceptors (Lipinski definition) is 4. The van der Waals surface area contributed by atoms with Gasteiger partial charge in [-0.2, -0.15) is 4.31 Å². The second kappa shape index (κ2) is 9.16. The van der Waals surface area contributed by atoms with Crippen LogP contribution in [0.5, 0.6) is 0 Å². The smallest absolute Gasteiger partial charge is 0.243 e. The highest BCUT2D eigenvalue weighted by Gasteiger charge is 2.32. The van der Waals surface area contributed by atoms with Gasteiger partial charge in [-0.25, -0.2) is 8.42 Å². The van der Waals surface area contributed by atoms with Gasteiger partial charge in [-0.05, 0) is 50.1 Å². The van der Waals surface area contributed by atoms with Gasteiger partial charge in [-0.15, -0.1) is 0 Å². The third-order valence-electron chi connectivity index (χ3n) is 5.03. The van der Waals surface area contributed by atoms with Crippen LogP contribution >= 0.6 is 11.6 Å². The molecule has 2 amide bonds. The van der Waals surface area contributed by atoms with Gasteiger partial charge in [0.25, 0.3) is 0 Å². The number of rotatable bonds is 5. The van der Waals surface area contributed by atoms with Crippen LogP contribution in [-0.2, 0) is 19.6 Å². The fourth-order valence-corrected chi connectivity index (χ4v) is 5.04. The number of carbonyl (C=O) groups excluding carboxylic acids is 2. The standard InChI is InChI=1S/C21H24ClN3O4S/c1-14-3-6-18(7-4-14)30(28,29)25-11-9-16(10-12-25)21(27)24-17-5-8-20(19(22)13-17)23-15(2)26/h3-8,13,16H,9-12H2,1-2H3,(H,23,26)(H,24,27). The van der Waals surface area contributed by atoms with Gasteiger partial charge < -0.3 is 10.6 Å². The summed E-state index contributed by atoms with van der Waals surface area (Å²) in [7, 11) is -3.56. The highest BCUT2D eigenvalue weighted by molar-refractivity contribution is 7.89. The first-order valence-electron chi connectivity index (χ1n) is 9.61. The maximum absolute atomic E-state index is 12.8. The van der Waals surface area contributed by atoms with E-state index in [1.54, 1.807) is 42.5 Å². The first-order valence-corrected chi connectivity index (χ1v) is 11.4. The lowest BCUT2D eigenvalue weighted by atomic mass is 9.97. The van der Waals surface area contributed by atoms with Gasteiger partial charge in [0.2, 0.25) is 21.8 Å². The minimum Gasteiger partial charge on any atom is -0.326 e. The molecule has 0 radical (unpaired) electrons. The number of hydrogen-bond donors (Lipinski definition) is 2. The minimum absolute atomic E-state index is 0.175. The van der Waals surface area contributed by atoms with E-state index in [4.69, 9.17) is 11.6 Å². The fraction of sp³-hybridized carbons (Fsp3) is 0.333. The first kappa shape index (κ1) is 22.3. The molecule has 1 heterocycles. The molecule has 0 aromatic heterocycles. The van der Waals surface area contributed by atoms with Crippen molar-refractivity contribution in [2.75, 3.05) is 23.7 Å². The SMILES string of the molecule is CC(=O)Nc1ccc(NC(=O)C2CCN(S(=O)(=O)c3ccc(C)cc3)CC2)cc1Cl. The van der Waals surface area contributed by atoms with Crippen molar-refractivity contribution in [1.29, 1.82) is 0 Å². The molecule has 160 valence electrons. The summed E-state index contributed by atoms with van der Waals surface area (Å²) < 4.78 is 27.0. The Balaban J connectivity index is 1.59. The van der Waals surface area contributed by atoms with Gasteiger partial charge in [0.05, 0.1) is 15.6 Å². The quantitative estimate of drug-likeness (QED) is 0.728. The van der Waals surface area contributed by atoms with Crippen LogP contribution in [0.15, 0.2) is 47.4 Å². The molecule has 1 aliphatic heterocycles. The highest BCUT2D eigenvalue weighted by Crippen LogP contribution is 2.28. The summed E-state index contributed by atoms with van der Waals surface area (Å²) in [5.74, 6) is -0.699. The van der Waals surface area contributed by atoms with Crippen molar-refractivity contribution in [3.8, 4) is 0 Å². The molecular weight excluding hydrogens is 426 g/mol. The van der Waals surface area contributed by atoms with Gasteiger partial charge in [-0.1, -0.05) is 29.3 Å². The summed E-state index contributed by atoms with van der Waals surface area (Å²) in [5.41, 5.74) is 1.99. The lowest BCUT2D eigenvalue weighted by Gasteiger charge is -2.30. The van der Waals surface area contributed by atoms with Crippen LogP contribution < -0.4 is 10.6 Å². The third kappa shape index (κ3) is 5.19. The van der Waals surface area contributed by atoms with E-state index >= 15 is 0 Å². The van der Waals surface area contributed by atoms with Crippen LogP contribution in [0.25, 0.3) is 0 Å². The molecule has 0 saturated carbocycles.